The highest BCUT2D eigenvalue weighted by Gasteiger charge is 2.33. The zero-order valence-corrected chi connectivity index (χ0v) is 15.4. The second-order valence-electron chi connectivity index (χ2n) is 6.96. The van der Waals surface area contributed by atoms with E-state index in [0.29, 0.717) is 25.5 Å². The SMILES string of the molecule is Cc1ccc(-c2ccnc(N3C[C@@H](Cc4cnccn4)[C@H](O)C3)n2)c(C)n1. The third kappa shape index (κ3) is 3.78. The molecule has 0 radical (unpaired) electrons. The van der Waals surface area contributed by atoms with Crippen molar-refractivity contribution in [3.8, 4) is 11.3 Å². The van der Waals surface area contributed by atoms with Crippen molar-refractivity contribution in [2.24, 2.45) is 5.92 Å². The Hall–Kier alpha value is -2.93. The number of aliphatic hydroxyl groups excluding tert-OH is 1. The predicted molar refractivity (Wildman–Crippen MR) is 102 cm³/mol. The monoisotopic (exact) mass is 362 g/mol. The first-order valence-electron chi connectivity index (χ1n) is 9.06. The van der Waals surface area contributed by atoms with Gasteiger partial charge in [0.05, 0.1) is 17.5 Å². The molecule has 4 rings (SSSR count). The molecular formula is C20H22N6O. The molecule has 0 amide bonds. The Labute approximate surface area is 158 Å². The fourth-order valence-corrected chi connectivity index (χ4v) is 3.53. The van der Waals surface area contributed by atoms with E-state index in [2.05, 4.69) is 19.9 Å². The van der Waals surface area contributed by atoms with Crippen LogP contribution in [0.4, 0.5) is 5.95 Å². The zero-order chi connectivity index (χ0) is 18.8. The molecule has 7 nitrogen and oxygen atoms in total. The lowest BCUT2D eigenvalue weighted by molar-refractivity contribution is 0.147. The number of pyridine rings is 1. The lowest BCUT2D eigenvalue weighted by atomic mass is 10.0. The van der Waals surface area contributed by atoms with Gasteiger partial charge >= 0.3 is 0 Å². The van der Waals surface area contributed by atoms with Gasteiger partial charge in [-0.05, 0) is 38.5 Å². The van der Waals surface area contributed by atoms with Gasteiger partial charge in [0.2, 0.25) is 5.95 Å². The Morgan fingerprint density at radius 1 is 1.04 bits per heavy atom. The summed E-state index contributed by atoms with van der Waals surface area (Å²) >= 11 is 0. The second-order valence-corrected chi connectivity index (χ2v) is 6.96. The summed E-state index contributed by atoms with van der Waals surface area (Å²) in [5.74, 6) is 0.713. The third-order valence-corrected chi connectivity index (χ3v) is 4.92. The first-order valence-corrected chi connectivity index (χ1v) is 9.06. The summed E-state index contributed by atoms with van der Waals surface area (Å²) < 4.78 is 0. The van der Waals surface area contributed by atoms with Gasteiger partial charge < -0.3 is 10.0 Å². The van der Waals surface area contributed by atoms with Crippen LogP contribution in [0.25, 0.3) is 11.3 Å². The molecule has 0 saturated carbocycles. The smallest absolute Gasteiger partial charge is 0.225 e. The van der Waals surface area contributed by atoms with Crippen molar-refractivity contribution >= 4 is 5.95 Å². The van der Waals surface area contributed by atoms with E-state index in [9.17, 15) is 5.11 Å². The molecule has 2 atom stereocenters. The number of aryl methyl sites for hydroxylation is 2. The van der Waals surface area contributed by atoms with Gasteiger partial charge in [0, 0.05) is 60.7 Å². The van der Waals surface area contributed by atoms with Crippen LogP contribution in [-0.4, -0.2) is 49.2 Å². The molecule has 1 saturated heterocycles. The standard InChI is InChI=1S/C20H22N6O/c1-13-3-4-17(14(2)24-13)18-5-6-23-20(25-18)26-11-15(19(27)12-26)9-16-10-21-7-8-22-16/h3-8,10,15,19,27H,9,11-12H2,1-2H3/t15-,19-/m1/s1. The predicted octanol–water partition coefficient (Wildman–Crippen LogP) is 1.99. The minimum absolute atomic E-state index is 0.0803. The van der Waals surface area contributed by atoms with Gasteiger partial charge in [-0.3, -0.25) is 15.0 Å². The van der Waals surface area contributed by atoms with Crippen LogP contribution in [0, 0.1) is 19.8 Å². The minimum Gasteiger partial charge on any atom is -0.391 e. The molecule has 0 aromatic carbocycles. The molecule has 7 heteroatoms. The quantitative estimate of drug-likeness (QED) is 0.759. The van der Waals surface area contributed by atoms with Crippen LogP contribution in [0.15, 0.2) is 43.0 Å². The van der Waals surface area contributed by atoms with Crippen LogP contribution >= 0.6 is 0 Å². The Kier molecular flexibility index (Phi) is 4.77. The summed E-state index contributed by atoms with van der Waals surface area (Å²) in [6, 6.07) is 5.92. The topological polar surface area (TPSA) is 87.9 Å². The molecule has 1 fully saturated rings. The molecule has 3 aromatic rings. The van der Waals surface area contributed by atoms with Crippen molar-refractivity contribution in [2.45, 2.75) is 26.4 Å². The van der Waals surface area contributed by atoms with E-state index in [1.165, 1.54) is 0 Å². The number of hydrogen-bond donors (Lipinski definition) is 1. The van der Waals surface area contributed by atoms with Crippen LogP contribution in [0.3, 0.4) is 0 Å². The third-order valence-electron chi connectivity index (χ3n) is 4.92. The lowest BCUT2D eigenvalue weighted by Crippen LogP contribution is -2.23. The molecule has 27 heavy (non-hydrogen) atoms. The van der Waals surface area contributed by atoms with Gasteiger partial charge in [-0.15, -0.1) is 0 Å². The molecule has 1 aliphatic rings. The first-order chi connectivity index (χ1) is 13.1. The largest absolute Gasteiger partial charge is 0.391 e. The van der Waals surface area contributed by atoms with E-state index < -0.39 is 6.10 Å². The van der Waals surface area contributed by atoms with Gasteiger partial charge in [0.1, 0.15) is 0 Å². The Bertz CT molecular complexity index is 933. The normalized spacial score (nSPS) is 19.4. The van der Waals surface area contributed by atoms with Gasteiger partial charge in [-0.2, -0.15) is 0 Å². The molecule has 0 aliphatic carbocycles. The highest BCUT2D eigenvalue weighted by atomic mass is 16.3. The van der Waals surface area contributed by atoms with Crippen LogP contribution in [0.1, 0.15) is 17.1 Å². The van der Waals surface area contributed by atoms with Crippen LogP contribution in [0.2, 0.25) is 0 Å². The highest BCUT2D eigenvalue weighted by molar-refractivity contribution is 5.62. The molecule has 4 heterocycles. The zero-order valence-electron chi connectivity index (χ0n) is 15.4. The summed E-state index contributed by atoms with van der Waals surface area (Å²) in [5.41, 5.74) is 4.66. The summed E-state index contributed by atoms with van der Waals surface area (Å²) in [6.45, 7) is 5.16. The number of hydrogen-bond acceptors (Lipinski definition) is 7. The molecular weight excluding hydrogens is 340 g/mol. The highest BCUT2D eigenvalue weighted by Crippen LogP contribution is 2.26. The molecule has 0 spiro atoms. The van der Waals surface area contributed by atoms with Gasteiger partial charge in [0.15, 0.2) is 0 Å². The fraction of sp³-hybridized carbons (Fsp3) is 0.350. The average molecular weight is 362 g/mol. The van der Waals surface area contributed by atoms with Crippen molar-refractivity contribution in [1.29, 1.82) is 0 Å². The van der Waals surface area contributed by atoms with Crippen LogP contribution in [0.5, 0.6) is 0 Å². The number of nitrogens with zero attached hydrogens (tertiary/aromatic N) is 6. The fourth-order valence-electron chi connectivity index (χ4n) is 3.53. The Morgan fingerprint density at radius 3 is 2.70 bits per heavy atom. The summed E-state index contributed by atoms with van der Waals surface area (Å²) in [7, 11) is 0. The van der Waals surface area contributed by atoms with E-state index >= 15 is 0 Å². The minimum atomic E-state index is -0.443. The van der Waals surface area contributed by atoms with E-state index in [1.807, 2.05) is 36.9 Å². The van der Waals surface area contributed by atoms with Crippen molar-refractivity contribution in [2.75, 3.05) is 18.0 Å². The first kappa shape index (κ1) is 17.5. The number of aromatic nitrogens is 5. The summed E-state index contributed by atoms with van der Waals surface area (Å²) in [5, 5.41) is 10.5. The van der Waals surface area contributed by atoms with Crippen molar-refractivity contribution in [3.05, 3.63) is 60.1 Å². The van der Waals surface area contributed by atoms with Gasteiger partial charge in [-0.25, -0.2) is 9.97 Å². The van der Waals surface area contributed by atoms with E-state index in [4.69, 9.17) is 4.98 Å². The molecule has 3 aromatic heterocycles. The van der Waals surface area contributed by atoms with Crippen LogP contribution in [-0.2, 0) is 6.42 Å². The second kappa shape index (κ2) is 7.36. The number of rotatable bonds is 4. The molecule has 0 bridgehead atoms. The maximum Gasteiger partial charge on any atom is 0.225 e. The number of β-amino-alcohol motifs (C(OH)–C–C–N with tert-alkyl or cyclic N) is 1. The maximum atomic E-state index is 10.5. The maximum absolute atomic E-state index is 10.5. The molecule has 138 valence electrons. The lowest BCUT2D eigenvalue weighted by Gasteiger charge is -2.16. The van der Waals surface area contributed by atoms with E-state index in [0.717, 1.165) is 28.3 Å². The van der Waals surface area contributed by atoms with Crippen molar-refractivity contribution in [1.82, 2.24) is 24.9 Å². The summed E-state index contributed by atoms with van der Waals surface area (Å²) in [6.07, 6.45) is 7.09. The van der Waals surface area contributed by atoms with Crippen molar-refractivity contribution < 1.29 is 5.11 Å². The van der Waals surface area contributed by atoms with E-state index in [-0.39, 0.29) is 5.92 Å². The average Bonchev–Trinajstić information content (AvgIpc) is 3.03. The van der Waals surface area contributed by atoms with Crippen LogP contribution < -0.4 is 4.90 Å². The number of aliphatic hydroxyl groups is 1. The molecule has 1 N–H and O–H groups in total. The molecule has 0 unspecified atom stereocenters. The Balaban J connectivity index is 1.54. The summed E-state index contributed by atoms with van der Waals surface area (Å²) in [4.78, 5) is 24.1. The molecule has 1 aliphatic heterocycles. The Morgan fingerprint density at radius 2 is 1.93 bits per heavy atom. The van der Waals surface area contributed by atoms with Gasteiger partial charge in [-0.1, -0.05) is 0 Å². The van der Waals surface area contributed by atoms with Gasteiger partial charge in [0.25, 0.3) is 0 Å². The van der Waals surface area contributed by atoms with E-state index in [1.54, 1.807) is 24.8 Å². The van der Waals surface area contributed by atoms with Crippen molar-refractivity contribution in [3.63, 3.8) is 0 Å². The number of anilines is 1.